The Hall–Kier alpha value is -4.39. The van der Waals surface area contributed by atoms with Crippen molar-refractivity contribution in [2.24, 2.45) is 0 Å². The topological polar surface area (TPSA) is 85.9 Å². The van der Waals surface area contributed by atoms with Crippen LogP contribution in [-0.4, -0.2) is 19.7 Å². The lowest BCUT2D eigenvalue weighted by Crippen LogP contribution is -2.08. The Bertz CT molecular complexity index is 1690. The van der Waals surface area contributed by atoms with Crippen molar-refractivity contribution in [2.75, 3.05) is 0 Å². The Morgan fingerprint density at radius 2 is 1.86 bits per heavy atom. The van der Waals surface area contributed by atoms with E-state index < -0.39 is 5.76 Å². The van der Waals surface area contributed by atoms with Crippen LogP contribution in [0.5, 0.6) is 5.75 Å². The normalized spacial score (nSPS) is 14.3. The van der Waals surface area contributed by atoms with E-state index in [1.54, 1.807) is 0 Å². The maximum atomic E-state index is 11.7. The van der Waals surface area contributed by atoms with Crippen molar-refractivity contribution in [3.05, 3.63) is 111 Å². The summed E-state index contributed by atoms with van der Waals surface area (Å²) in [7, 11) is 0. The highest BCUT2D eigenvalue weighted by molar-refractivity contribution is 5.99. The summed E-state index contributed by atoms with van der Waals surface area (Å²) in [5.74, 6) is 2.00. The molecule has 0 radical (unpaired) electrons. The zero-order valence-corrected chi connectivity index (χ0v) is 20.4. The fourth-order valence-corrected chi connectivity index (χ4v) is 5.01. The Morgan fingerprint density at radius 3 is 2.67 bits per heavy atom. The van der Waals surface area contributed by atoms with Gasteiger partial charge in [0.1, 0.15) is 18.2 Å². The molecule has 6 rings (SSSR count). The standard InChI is InChI=1S/C29H26N4O3/c1-17(2)28-30-23-9-5-6-10-24(23)33(28)15-19-12-13-21-20(14-19)16-35-25-11-7-4-8-22(25)26(21)18(3)27-31-29(34)36-32-27/h4-14,17H,15-16H2,1-3H3,(H,31,32,34)/b26-18+. The first-order chi connectivity index (χ1) is 17.5. The van der Waals surface area contributed by atoms with Gasteiger partial charge in [-0.2, -0.15) is 0 Å². The second-order valence-electron chi connectivity index (χ2n) is 9.42. The predicted octanol–water partition coefficient (Wildman–Crippen LogP) is 5.76. The number of nitrogens with one attached hydrogen (secondary N) is 1. The zero-order valence-electron chi connectivity index (χ0n) is 20.4. The molecule has 2 aromatic heterocycles. The second-order valence-corrected chi connectivity index (χ2v) is 9.42. The monoisotopic (exact) mass is 478 g/mol. The summed E-state index contributed by atoms with van der Waals surface area (Å²) >= 11 is 0. The van der Waals surface area contributed by atoms with Crippen molar-refractivity contribution in [2.45, 2.75) is 39.8 Å². The first-order valence-electron chi connectivity index (χ1n) is 12.1. The first kappa shape index (κ1) is 22.1. The van der Waals surface area contributed by atoms with Crippen molar-refractivity contribution < 1.29 is 9.26 Å². The van der Waals surface area contributed by atoms with Crippen LogP contribution in [0.15, 0.2) is 76.0 Å². The lowest BCUT2D eigenvalue weighted by molar-refractivity contribution is 0.307. The maximum absolute atomic E-state index is 11.7. The largest absolute Gasteiger partial charge is 0.488 e. The number of rotatable bonds is 4. The molecule has 0 aliphatic carbocycles. The quantitative estimate of drug-likeness (QED) is 0.355. The highest BCUT2D eigenvalue weighted by Gasteiger charge is 2.23. The van der Waals surface area contributed by atoms with Gasteiger partial charge in [-0.15, -0.1) is 0 Å². The molecule has 36 heavy (non-hydrogen) atoms. The number of hydrogen-bond donors (Lipinski definition) is 1. The molecule has 0 fully saturated rings. The SMILES string of the molecule is C/C(=C1/c2ccc(Cn3c(C(C)C)nc4ccccc43)cc2COc2ccccc21)c1noc(=O)[nH]1. The van der Waals surface area contributed by atoms with Crippen LogP contribution < -0.4 is 10.5 Å². The molecule has 0 spiro atoms. The summed E-state index contributed by atoms with van der Waals surface area (Å²) < 4.78 is 13.3. The van der Waals surface area contributed by atoms with E-state index in [9.17, 15) is 4.79 Å². The van der Waals surface area contributed by atoms with E-state index in [-0.39, 0.29) is 0 Å². The van der Waals surface area contributed by atoms with E-state index in [1.807, 2.05) is 37.3 Å². The molecular weight excluding hydrogens is 452 g/mol. The van der Waals surface area contributed by atoms with Gasteiger partial charge in [-0.1, -0.05) is 61.5 Å². The molecule has 1 aliphatic heterocycles. The van der Waals surface area contributed by atoms with Crippen molar-refractivity contribution in [3.63, 3.8) is 0 Å². The van der Waals surface area contributed by atoms with Gasteiger partial charge in [-0.05, 0) is 53.5 Å². The van der Waals surface area contributed by atoms with Crippen LogP contribution in [0.1, 0.15) is 60.6 Å². The van der Waals surface area contributed by atoms with E-state index in [2.05, 4.69) is 65.0 Å². The number of aromatic nitrogens is 4. The molecule has 0 atom stereocenters. The lowest BCUT2D eigenvalue weighted by atomic mass is 9.89. The van der Waals surface area contributed by atoms with Gasteiger partial charge in [-0.3, -0.25) is 9.51 Å². The number of benzene rings is 3. The molecule has 1 N–H and O–H groups in total. The number of nitrogens with zero attached hydrogens (tertiary/aromatic N) is 3. The van der Waals surface area contributed by atoms with E-state index in [0.717, 1.165) is 50.4 Å². The summed E-state index contributed by atoms with van der Waals surface area (Å²) in [5.41, 5.74) is 8.15. The fourth-order valence-electron chi connectivity index (χ4n) is 5.01. The molecule has 180 valence electrons. The number of hydrogen-bond acceptors (Lipinski definition) is 5. The molecule has 5 aromatic rings. The summed E-state index contributed by atoms with van der Waals surface area (Å²) in [6.45, 7) is 7.44. The Morgan fingerprint density at radius 1 is 1.06 bits per heavy atom. The number of allylic oxidation sites excluding steroid dienone is 1. The summed E-state index contributed by atoms with van der Waals surface area (Å²) in [5, 5.41) is 3.94. The van der Waals surface area contributed by atoms with Crippen molar-refractivity contribution in [3.8, 4) is 5.75 Å². The average molecular weight is 479 g/mol. The predicted molar refractivity (Wildman–Crippen MR) is 139 cm³/mol. The first-order valence-corrected chi connectivity index (χ1v) is 12.1. The van der Waals surface area contributed by atoms with Crippen LogP contribution in [0.2, 0.25) is 0 Å². The van der Waals surface area contributed by atoms with Crippen LogP contribution in [0.3, 0.4) is 0 Å². The van der Waals surface area contributed by atoms with Crippen LogP contribution in [0.25, 0.3) is 22.2 Å². The third-order valence-corrected chi connectivity index (χ3v) is 6.69. The van der Waals surface area contributed by atoms with Gasteiger partial charge in [0.15, 0.2) is 5.82 Å². The molecule has 0 bridgehead atoms. The number of ether oxygens (including phenoxy) is 1. The highest BCUT2D eigenvalue weighted by Crippen LogP contribution is 2.40. The van der Waals surface area contributed by atoms with Crippen molar-refractivity contribution in [1.29, 1.82) is 0 Å². The van der Waals surface area contributed by atoms with Crippen LogP contribution >= 0.6 is 0 Å². The van der Waals surface area contributed by atoms with Gasteiger partial charge in [0.2, 0.25) is 0 Å². The molecule has 7 nitrogen and oxygen atoms in total. The number of imidazole rings is 1. The van der Waals surface area contributed by atoms with Gasteiger partial charge in [-0.25, -0.2) is 9.78 Å². The van der Waals surface area contributed by atoms with Crippen LogP contribution in [0, 0.1) is 0 Å². The van der Waals surface area contributed by atoms with E-state index in [0.29, 0.717) is 24.9 Å². The molecule has 3 heterocycles. The minimum Gasteiger partial charge on any atom is -0.488 e. The Labute approximate surface area is 208 Å². The van der Waals surface area contributed by atoms with Crippen molar-refractivity contribution in [1.82, 2.24) is 19.7 Å². The molecule has 3 aromatic carbocycles. The van der Waals surface area contributed by atoms with Gasteiger partial charge in [0.05, 0.1) is 11.0 Å². The number of fused-ring (bicyclic) bond motifs is 3. The average Bonchev–Trinajstić information content (AvgIpc) is 3.44. The molecule has 0 saturated carbocycles. The van der Waals surface area contributed by atoms with Gasteiger partial charge in [0, 0.05) is 23.6 Å². The van der Waals surface area contributed by atoms with Crippen LogP contribution in [0.4, 0.5) is 0 Å². The summed E-state index contributed by atoms with van der Waals surface area (Å²) in [4.78, 5) is 19.2. The maximum Gasteiger partial charge on any atom is 0.439 e. The van der Waals surface area contributed by atoms with Gasteiger partial charge in [0.25, 0.3) is 0 Å². The van der Waals surface area contributed by atoms with Crippen LogP contribution in [-0.2, 0) is 13.2 Å². The number of H-pyrrole nitrogens is 1. The third kappa shape index (κ3) is 3.73. The second kappa shape index (κ2) is 8.68. The van der Waals surface area contributed by atoms with Crippen molar-refractivity contribution >= 4 is 22.2 Å². The minimum atomic E-state index is -0.577. The Kier molecular flexibility index (Phi) is 5.33. The number of aromatic amines is 1. The minimum absolute atomic E-state index is 0.304. The summed E-state index contributed by atoms with van der Waals surface area (Å²) in [6, 6.07) is 22.7. The lowest BCUT2D eigenvalue weighted by Gasteiger charge is -2.16. The smallest absolute Gasteiger partial charge is 0.439 e. The number of para-hydroxylation sites is 3. The summed E-state index contributed by atoms with van der Waals surface area (Å²) in [6.07, 6.45) is 0. The van der Waals surface area contributed by atoms with E-state index >= 15 is 0 Å². The molecule has 0 saturated heterocycles. The molecule has 0 unspecified atom stereocenters. The fraction of sp³-hybridized carbons (Fsp3) is 0.207. The third-order valence-electron chi connectivity index (χ3n) is 6.69. The Balaban J connectivity index is 1.49. The van der Waals surface area contributed by atoms with E-state index in [4.69, 9.17) is 14.2 Å². The molecule has 7 heteroatoms. The van der Waals surface area contributed by atoms with Gasteiger partial charge < -0.3 is 9.30 Å². The molecular formula is C29H26N4O3. The highest BCUT2D eigenvalue weighted by atomic mass is 16.5. The van der Waals surface area contributed by atoms with Gasteiger partial charge >= 0.3 is 5.76 Å². The van der Waals surface area contributed by atoms with E-state index in [1.165, 1.54) is 5.56 Å². The zero-order chi connectivity index (χ0) is 24.8. The molecule has 1 aliphatic rings. The molecule has 0 amide bonds.